The minimum absolute atomic E-state index is 0.0443. The third-order valence-electron chi connectivity index (χ3n) is 3.63. The predicted octanol–water partition coefficient (Wildman–Crippen LogP) is 4.11. The van der Waals surface area contributed by atoms with Gasteiger partial charge in [0.05, 0.1) is 21.2 Å². The molecule has 9 heteroatoms. The molecule has 1 heterocycles. The molecule has 0 aliphatic rings. The lowest BCUT2D eigenvalue weighted by molar-refractivity contribution is 0.0942. The van der Waals surface area contributed by atoms with Gasteiger partial charge in [0.1, 0.15) is 0 Å². The molecule has 3 rings (SSSR count). The number of thiophene rings is 1. The van der Waals surface area contributed by atoms with Crippen molar-refractivity contribution in [1.29, 1.82) is 0 Å². The van der Waals surface area contributed by atoms with Gasteiger partial charge < -0.3 is 0 Å². The van der Waals surface area contributed by atoms with E-state index in [0.29, 0.717) is 16.4 Å². The van der Waals surface area contributed by atoms with Crippen molar-refractivity contribution in [2.24, 2.45) is 0 Å². The van der Waals surface area contributed by atoms with E-state index in [2.05, 4.69) is 22.2 Å². The van der Waals surface area contributed by atoms with Gasteiger partial charge in [-0.3, -0.25) is 20.4 Å². The summed E-state index contributed by atoms with van der Waals surface area (Å²) in [6.45, 7) is 3.84. The van der Waals surface area contributed by atoms with Crippen molar-refractivity contribution >= 4 is 50.3 Å². The molecular formula is C19H16ClN3O3S2. The van der Waals surface area contributed by atoms with E-state index in [1.54, 1.807) is 18.2 Å². The van der Waals surface area contributed by atoms with Crippen LogP contribution in [0.4, 0.5) is 5.69 Å². The first kappa shape index (κ1) is 19.9. The molecular weight excluding hydrogens is 418 g/mol. The van der Waals surface area contributed by atoms with E-state index in [4.69, 9.17) is 11.6 Å². The van der Waals surface area contributed by atoms with Crippen LogP contribution in [-0.4, -0.2) is 14.3 Å². The molecule has 0 atom stereocenters. The van der Waals surface area contributed by atoms with E-state index in [9.17, 15) is 13.2 Å². The van der Waals surface area contributed by atoms with E-state index in [1.165, 1.54) is 41.7 Å². The van der Waals surface area contributed by atoms with Crippen LogP contribution in [-0.2, 0) is 10.0 Å². The summed E-state index contributed by atoms with van der Waals surface area (Å²) in [5.41, 5.74) is 6.28. The lowest BCUT2D eigenvalue weighted by atomic mass is 10.2. The Morgan fingerprint density at radius 1 is 1.00 bits per heavy atom. The highest BCUT2D eigenvalue weighted by Gasteiger charge is 2.17. The number of halogens is 1. The normalized spacial score (nSPS) is 10.9. The molecule has 2 aromatic carbocycles. The molecule has 144 valence electrons. The van der Waals surface area contributed by atoms with E-state index in [0.717, 1.165) is 4.88 Å². The molecule has 1 aromatic heterocycles. The molecule has 0 spiro atoms. The summed E-state index contributed by atoms with van der Waals surface area (Å²) >= 11 is 7.36. The summed E-state index contributed by atoms with van der Waals surface area (Å²) in [4.78, 5) is 13.2. The Morgan fingerprint density at radius 2 is 1.79 bits per heavy atom. The summed E-state index contributed by atoms with van der Waals surface area (Å²) in [5.74, 6) is -0.488. The van der Waals surface area contributed by atoms with Crippen molar-refractivity contribution in [3.05, 3.63) is 88.1 Å². The average molecular weight is 434 g/mol. The maximum Gasteiger partial charge on any atom is 0.269 e. The number of benzene rings is 2. The zero-order chi connectivity index (χ0) is 20.1. The Morgan fingerprint density at radius 3 is 2.50 bits per heavy atom. The first-order chi connectivity index (χ1) is 13.3. The van der Waals surface area contributed by atoms with Gasteiger partial charge in [0.15, 0.2) is 0 Å². The molecule has 0 saturated carbocycles. The molecule has 6 nitrogen and oxygen atoms in total. The Bertz CT molecular complexity index is 1110. The number of nitrogens with one attached hydrogen (secondary N) is 3. The number of carbonyl (C=O) groups is 1. The third kappa shape index (κ3) is 4.92. The highest BCUT2D eigenvalue weighted by atomic mass is 35.5. The van der Waals surface area contributed by atoms with Gasteiger partial charge in [-0.15, -0.1) is 11.3 Å². The number of amides is 1. The summed E-state index contributed by atoms with van der Waals surface area (Å²) in [6.07, 6.45) is 0. The van der Waals surface area contributed by atoms with Crippen molar-refractivity contribution in [2.45, 2.75) is 4.90 Å². The second-order valence-electron chi connectivity index (χ2n) is 5.68. The van der Waals surface area contributed by atoms with Crippen LogP contribution in [0.25, 0.3) is 5.70 Å². The predicted molar refractivity (Wildman–Crippen MR) is 113 cm³/mol. The van der Waals surface area contributed by atoms with E-state index in [-0.39, 0.29) is 10.5 Å². The summed E-state index contributed by atoms with van der Waals surface area (Å²) < 4.78 is 27.6. The number of sulfonamides is 1. The van der Waals surface area contributed by atoms with Crippen LogP contribution in [0.3, 0.4) is 0 Å². The number of anilines is 1. The van der Waals surface area contributed by atoms with Crippen LogP contribution < -0.4 is 15.6 Å². The number of rotatable bonds is 7. The second-order valence-corrected chi connectivity index (χ2v) is 8.75. The number of hydrogen-bond donors (Lipinski definition) is 3. The topological polar surface area (TPSA) is 87.3 Å². The van der Waals surface area contributed by atoms with Gasteiger partial charge >= 0.3 is 0 Å². The fourth-order valence-corrected chi connectivity index (χ4v) is 4.23. The quantitative estimate of drug-likeness (QED) is 0.489. The van der Waals surface area contributed by atoms with Crippen molar-refractivity contribution in [1.82, 2.24) is 10.9 Å². The molecule has 1 amide bonds. The fourth-order valence-electron chi connectivity index (χ4n) is 2.29. The van der Waals surface area contributed by atoms with Gasteiger partial charge in [-0.25, -0.2) is 8.42 Å². The van der Waals surface area contributed by atoms with E-state index < -0.39 is 15.9 Å². The maximum absolute atomic E-state index is 12.6. The van der Waals surface area contributed by atoms with Gasteiger partial charge in [-0.2, -0.15) is 0 Å². The van der Waals surface area contributed by atoms with Gasteiger partial charge in [0, 0.05) is 10.6 Å². The van der Waals surface area contributed by atoms with Crippen LogP contribution in [0.1, 0.15) is 15.2 Å². The number of carbonyl (C=O) groups excluding carboxylic acids is 1. The monoisotopic (exact) mass is 433 g/mol. The molecule has 0 aliphatic carbocycles. The maximum atomic E-state index is 12.6. The average Bonchev–Trinajstić information content (AvgIpc) is 3.20. The van der Waals surface area contributed by atoms with Crippen LogP contribution in [0.2, 0.25) is 5.02 Å². The molecule has 0 aliphatic heterocycles. The minimum Gasteiger partial charge on any atom is -0.298 e. The minimum atomic E-state index is -3.88. The van der Waals surface area contributed by atoms with Crippen LogP contribution in [0.15, 0.2) is 77.5 Å². The smallest absolute Gasteiger partial charge is 0.269 e. The highest BCUT2D eigenvalue weighted by molar-refractivity contribution is 7.92. The van der Waals surface area contributed by atoms with Crippen LogP contribution >= 0.6 is 22.9 Å². The SMILES string of the molecule is C=C(NNC(=O)c1cccc(S(=O)(=O)Nc2cccc(Cl)c2)c1)c1cccs1. The summed E-state index contributed by atoms with van der Waals surface area (Å²) in [5, 5.41) is 2.30. The standard InChI is InChI=1S/C19H16ClN3O3S2/c1-13(18-9-4-10-27-18)21-22-19(24)14-5-2-8-17(11-14)28(25,26)23-16-7-3-6-15(20)12-16/h2-12,21,23H,1H2,(H,22,24). The van der Waals surface area contributed by atoms with Gasteiger partial charge in [-0.1, -0.05) is 36.4 Å². The highest BCUT2D eigenvalue weighted by Crippen LogP contribution is 2.20. The first-order valence-electron chi connectivity index (χ1n) is 8.03. The summed E-state index contributed by atoms with van der Waals surface area (Å²) in [6, 6.07) is 15.8. The Hall–Kier alpha value is -2.81. The molecule has 0 unspecified atom stereocenters. The number of hydrazine groups is 1. The van der Waals surface area contributed by atoms with Crippen molar-refractivity contribution in [3.63, 3.8) is 0 Å². The van der Waals surface area contributed by atoms with Gasteiger partial charge in [-0.05, 0) is 47.8 Å². The van der Waals surface area contributed by atoms with E-state index in [1.807, 2.05) is 17.5 Å². The summed E-state index contributed by atoms with van der Waals surface area (Å²) in [7, 11) is -3.88. The van der Waals surface area contributed by atoms with Gasteiger partial charge in [0.2, 0.25) is 0 Å². The molecule has 3 N–H and O–H groups in total. The van der Waals surface area contributed by atoms with Crippen LogP contribution in [0, 0.1) is 0 Å². The largest absolute Gasteiger partial charge is 0.298 e. The Balaban J connectivity index is 1.72. The van der Waals surface area contributed by atoms with Crippen molar-refractivity contribution < 1.29 is 13.2 Å². The molecule has 3 aromatic rings. The second kappa shape index (κ2) is 8.47. The molecule has 0 bridgehead atoms. The Kier molecular flexibility index (Phi) is 6.03. The van der Waals surface area contributed by atoms with E-state index >= 15 is 0 Å². The first-order valence-corrected chi connectivity index (χ1v) is 10.8. The van der Waals surface area contributed by atoms with Gasteiger partial charge in [0.25, 0.3) is 15.9 Å². The molecule has 0 fully saturated rings. The zero-order valence-corrected chi connectivity index (χ0v) is 16.9. The zero-order valence-electron chi connectivity index (χ0n) is 14.5. The third-order valence-corrected chi connectivity index (χ3v) is 6.17. The lowest BCUT2D eigenvalue weighted by Crippen LogP contribution is -2.35. The number of hydrogen-bond acceptors (Lipinski definition) is 5. The fraction of sp³-hybridized carbons (Fsp3) is 0. The van der Waals surface area contributed by atoms with Crippen LogP contribution in [0.5, 0.6) is 0 Å². The lowest BCUT2D eigenvalue weighted by Gasteiger charge is -2.11. The molecule has 0 radical (unpaired) electrons. The molecule has 28 heavy (non-hydrogen) atoms. The molecule has 0 saturated heterocycles. The van der Waals surface area contributed by atoms with Crippen molar-refractivity contribution in [3.8, 4) is 0 Å². The van der Waals surface area contributed by atoms with Crippen molar-refractivity contribution in [2.75, 3.05) is 4.72 Å². The Labute approximate surface area is 171 Å².